The number of ether oxygens (including phenoxy) is 1. The van der Waals surface area contributed by atoms with Crippen LogP contribution in [-0.2, 0) is 0 Å². The zero-order chi connectivity index (χ0) is 14.4. The van der Waals surface area contributed by atoms with Crippen molar-refractivity contribution in [1.29, 1.82) is 0 Å². The van der Waals surface area contributed by atoms with Crippen LogP contribution in [0.25, 0.3) is 0 Å². The molecule has 2 N–H and O–H groups in total. The van der Waals surface area contributed by atoms with Gasteiger partial charge in [0.05, 0.1) is 0 Å². The van der Waals surface area contributed by atoms with Crippen LogP contribution in [0.5, 0.6) is 5.75 Å². The van der Waals surface area contributed by atoms with Crippen LogP contribution >= 0.6 is 0 Å². The van der Waals surface area contributed by atoms with Gasteiger partial charge in [0.1, 0.15) is 35.8 Å². The minimum atomic E-state index is -0.880. The molecule has 0 aliphatic rings. The molecule has 2 aromatic carbocycles. The predicted octanol–water partition coefficient (Wildman–Crippen LogP) is 2.82. The number of aliphatic hydroxyl groups is 1. The number of para-hydroxylation sites is 2. The normalized spacial score (nSPS) is 11.9. The molecule has 5 heteroatoms. The molecule has 1 atom stereocenters. The predicted molar refractivity (Wildman–Crippen MR) is 72.8 cm³/mol. The maximum absolute atomic E-state index is 13.3. The monoisotopic (exact) mass is 279 g/mol. The van der Waals surface area contributed by atoms with E-state index in [0.717, 1.165) is 12.1 Å². The molecular weight excluding hydrogens is 264 g/mol. The maximum atomic E-state index is 13.3. The van der Waals surface area contributed by atoms with Crippen molar-refractivity contribution in [3.63, 3.8) is 0 Å². The first-order chi connectivity index (χ1) is 9.66. The van der Waals surface area contributed by atoms with Crippen LogP contribution in [-0.4, -0.2) is 24.4 Å². The minimum Gasteiger partial charge on any atom is -0.491 e. The summed E-state index contributed by atoms with van der Waals surface area (Å²) in [5, 5.41) is 12.3. The first-order valence-corrected chi connectivity index (χ1v) is 6.20. The highest BCUT2D eigenvalue weighted by Crippen LogP contribution is 2.17. The number of aliphatic hydroxyl groups excluding tert-OH is 1. The van der Waals surface area contributed by atoms with Crippen LogP contribution in [0.4, 0.5) is 14.5 Å². The molecule has 2 aromatic rings. The van der Waals surface area contributed by atoms with Gasteiger partial charge in [0.15, 0.2) is 0 Å². The Hall–Kier alpha value is -2.14. The Morgan fingerprint density at radius 1 is 1.00 bits per heavy atom. The van der Waals surface area contributed by atoms with Crippen LogP contribution in [0.2, 0.25) is 0 Å². The lowest BCUT2D eigenvalue weighted by atomic mass is 10.2. The fraction of sp³-hybridized carbons (Fsp3) is 0.200. The average molecular weight is 279 g/mol. The minimum absolute atomic E-state index is 0.00924. The van der Waals surface area contributed by atoms with E-state index in [0.29, 0.717) is 5.75 Å². The molecule has 0 radical (unpaired) electrons. The summed E-state index contributed by atoms with van der Waals surface area (Å²) in [6, 6.07) is 12.6. The van der Waals surface area contributed by atoms with Crippen molar-refractivity contribution in [3.8, 4) is 5.75 Å². The third-order valence-electron chi connectivity index (χ3n) is 2.66. The van der Waals surface area contributed by atoms with Crippen molar-refractivity contribution < 1.29 is 18.6 Å². The summed E-state index contributed by atoms with van der Waals surface area (Å²) in [6.07, 6.45) is -0.880. The van der Waals surface area contributed by atoms with Gasteiger partial charge in [0.2, 0.25) is 0 Å². The van der Waals surface area contributed by atoms with Gasteiger partial charge >= 0.3 is 0 Å². The molecule has 20 heavy (non-hydrogen) atoms. The van der Waals surface area contributed by atoms with Gasteiger partial charge in [-0.15, -0.1) is 0 Å². The van der Waals surface area contributed by atoms with Crippen LogP contribution in [0.3, 0.4) is 0 Å². The Kier molecular flexibility index (Phi) is 4.90. The summed E-state index contributed by atoms with van der Waals surface area (Å²) in [6.45, 7) is 0.0256. The van der Waals surface area contributed by atoms with Gasteiger partial charge in [-0.05, 0) is 24.3 Å². The topological polar surface area (TPSA) is 41.5 Å². The lowest BCUT2D eigenvalue weighted by molar-refractivity contribution is 0.117. The molecule has 1 unspecified atom stereocenters. The molecule has 0 aliphatic heterocycles. The van der Waals surface area contributed by atoms with E-state index >= 15 is 0 Å². The third kappa shape index (κ3) is 3.93. The SMILES string of the molecule is OC(CNc1c(F)cccc1F)COc1ccccc1. The summed E-state index contributed by atoms with van der Waals surface area (Å²) >= 11 is 0. The smallest absolute Gasteiger partial charge is 0.149 e. The second-order valence-electron chi connectivity index (χ2n) is 4.26. The molecule has 2 rings (SSSR count). The Morgan fingerprint density at radius 3 is 2.30 bits per heavy atom. The third-order valence-corrected chi connectivity index (χ3v) is 2.66. The number of halogens is 2. The largest absolute Gasteiger partial charge is 0.491 e. The standard InChI is InChI=1S/C15H15F2NO2/c16-13-7-4-8-14(17)15(13)18-9-11(19)10-20-12-5-2-1-3-6-12/h1-8,11,18-19H,9-10H2. The molecule has 106 valence electrons. The van der Waals surface area contributed by atoms with Gasteiger partial charge < -0.3 is 15.2 Å². The van der Waals surface area contributed by atoms with E-state index in [4.69, 9.17) is 4.74 Å². The van der Waals surface area contributed by atoms with E-state index in [1.165, 1.54) is 6.07 Å². The number of anilines is 1. The summed E-state index contributed by atoms with van der Waals surface area (Å²) in [5.74, 6) is -0.758. The van der Waals surface area contributed by atoms with Crippen molar-refractivity contribution in [2.75, 3.05) is 18.5 Å². The Morgan fingerprint density at radius 2 is 1.65 bits per heavy atom. The van der Waals surface area contributed by atoms with Gasteiger partial charge in [-0.2, -0.15) is 0 Å². The van der Waals surface area contributed by atoms with Crippen LogP contribution in [0.1, 0.15) is 0 Å². The zero-order valence-corrected chi connectivity index (χ0v) is 10.7. The Balaban J connectivity index is 1.82. The van der Waals surface area contributed by atoms with E-state index in [-0.39, 0.29) is 18.8 Å². The van der Waals surface area contributed by atoms with Gasteiger partial charge in [0.25, 0.3) is 0 Å². The lowest BCUT2D eigenvalue weighted by Crippen LogP contribution is -2.26. The van der Waals surface area contributed by atoms with E-state index in [2.05, 4.69) is 5.32 Å². The summed E-state index contributed by atoms with van der Waals surface area (Å²) in [4.78, 5) is 0. The second-order valence-corrected chi connectivity index (χ2v) is 4.26. The molecule has 0 saturated carbocycles. The fourth-order valence-electron chi connectivity index (χ4n) is 1.65. The average Bonchev–Trinajstić information content (AvgIpc) is 2.46. The van der Waals surface area contributed by atoms with Crippen molar-refractivity contribution in [1.82, 2.24) is 0 Å². The van der Waals surface area contributed by atoms with Gasteiger partial charge in [0, 0.05) is 6.54 Å². The molecule has 0 saturated heterocycles. The van der Waals surface area contributed by atoms with Crippen LogP contribution in [0.15, 0.2) is 48.5 Å². The van der Waals surface area contributed by atoms with Gasteiger partial charge in [-0.3, -0.25) is 0 Å². The van der Waals surface area contributed by atoms with Crippen LogP contribution in [0, 0.1) is 11.6 Å². The maximum Gasteiger partial charge on any atom is 0.149 e. The highest BCUT2D eigenvalue weighted by atomic mass is 19.1. The van der Waals surface area contributed by atoms with E-state index in [1.807, 2.05) is 18.2 Å². The number of nitrogens with one attached hydrogen (secondary N) is 1. The molecule has 0 aliphatic carbocycles. The summed E-state index contributed by atoms with van der Waals surface area (Å²) < 4.78 is 32.0. The number of rotatable bonds is 6. The molecule has 0 amide bonds. The fourth-order valence-corrected chi connectivity index (χ4v) is 1.65. The first kappa shape index (κ1) is 14.3. The molecule has 3 nitrogen and oxygen atoms in total. The molecule has 0 fully saturated rings. The molecule has 0 bridgehead atoms. The number of benzene rings is 2. The zero-order valence-electron chi connectivity index (χ0n) is 10.7. The van der Waals surface area contributed by atoms with Gasteiger partial charge in [-0.1, -0.05) is 24.3 Å². The Bertz CT molecular complexity index is 529. The van der Waals surface area contributed by atoms with Crippen molar-refractivity contribution >= 4 is 5.69 Å². The Labute approximate surface area is 115 Å². The number of hydrogen-bond acceptors (Lipinski definition) is 3. The van der Waals surface area contributed by atoms with Crippen molar-refractivity contribution in [2.45, 2.75) is 6.10 Å². The first-order valence-electron chi connectivity index (χ1n) is 6.20. The van der Waals surface area contributed by atoms with E-state index in [1.54, 1.807) is 12.1 Å². The van der Waals surface area contributed by atoms with Crippen LogP contribution < -0.4 is 10.1 Å². The van der Waals surface area contributed by atoms with Crippen molar-refractivity contribution in [2.24, 2.45) is 0 Å². The van der Waals surface area contributed by atoms with Gasteiger partial charge in [-0.25, -0.2) is 8.78 Å². The van der Waals surface area contributed by atoms with E-state index < -0.39 is 17.7 Å². The summed E-state index contributed by atoms with van der Waals surface area (Å²) in [5.41, 5.74) is -0.244. The lowest BCUT2D eigenvalue weighted by Gasteiger charge is -2.14. The highest BCUT2D eigenvalue weighted by molar-refractivity contribution is 5.46. The molecule has 0 spiro atoms. The van der Waals surface area contributed by atoms with E-state index in [9.17, 15) is 13.9 Å². The molecular formula is C15H15F2NO2. The summed E-state index contributed by atoms with van der Waals surface area (Å²) in [7, 11) is 0. The quantitative estimate of drug-likeness (QED) is 0.854. The van der Waals surface area contributed by atoms with Crippen molar-refractivity contribution in [3.05, 3.63) is 60.2 Å². The second kappa shape index (κ2) is 6.86. The number of hydrogen-bond donors (Lipinski definition) is 2. The molecule has 0 heterocycles. The molecule has 0 aromatic heterocycles. The highest BCUT2D eigenvalue weighted by Gasteiger charge is 2.10.